The zero-order valence-electron chi connectivity index (χ0n) is 14.6. The van der Waals surface area contributed by atoms with Crippen molar-refractivity contribution in [1.29, 1.82) is 0 Å². The van der Waals surface area contributed by atoms with Crippen LogP contribution in [0.4, 0.5) is 0 Å². The molecule has 2 atom stereocenters. The molecule has 7 heteroatoms. The van der Waals surface area contributed by atoms with Crippen molar-refractivity contribution in [2.24, 2.45) is 5.92 Å². The molecule has 0 radical (unpaired) electrons. The van der Waals surface area contributed by atoms with Gasteiger partial charge in [-0.2, -0.15) is 0 Å². The fraction of sp³-hybridized carbons (Fsp3) is 0.300. The highest BCUT2D eigenvalue weighted by Gasteiger charge is 2.61. The monoisotopic (exact) mass is 401 g/mol. The molecule has 3 heterocycles. The molecule has 1 saturated carbocycles. The van der Waals surface area contributed by atoms with Crippen LogP contribution in [0.5, 0.6) is 0 Å². The van der Waals surface area contributed by atoms with Gasteiger partial charge >= 0.3 is 0 Å². The second-order valence-corrected chi connectivity index (χ2v) is 8.44. The van der Waals surface area contributed by atoms with Crippen LogP contribution < -0.4 is 5.56 Å². The van der Waals surface area contributed by atoms with E-state index in [0.29, 0.717) is 45.5 Å². The third-order valence-corrected chi connectivity index (χ3v) is 6.82. The number of nitrogens with one attached hydrogen (secondary N) is 2. The van der Waals surface area contributed by atoms with Crippen molar-refractivity contribution >= 4 is 40.0 Å². The zero-order chi connectivity index (χ0) is 18.9. The Morgan fingerprint density at radius 3 is 2.81 bits per heavy atom. The van der Waals surface area contributed by atoms with Crippen molar-refractivity contribution in [3.05, 3.63) is 67.7 Å². The Balaban J connectivity index is 1.48. The number of benzene rings is 1. The number of carbonyl (C=O) groups excluding carboxylic acids is 1. The summed E-state index contributed by atoms with van der Waals surface area (Å²) in [6.45, 7) is 3.22. The molecule has 2 aromatic heterocycles. The smallest absolute Gasteiger partial charge is 0.258 e. The lowest BCUT2D eigenvalue weighted by Gasteiger charge is -2.21. The molecule has 0 bridgehead atoms. The van der Waals surface area contributed by atoms with Crippen LogP contribution >= 0.6 is 23.2 Å². The number of nitrogens with zero attached hydrogens (tertiary/aromatic N) is 1. The maximum Gasteiger partial charge on any atom is 0.258 e. The molecule has 1 amide bonds. The second kappa shape index (κ2) is 5.63. The Labute approximate surface area is 165 Å². The van der Waals surface area contributed by atoms with Gasteiger partial charge < -0.3 is 14.9 Å². The van der Waals surface area contributed by atoms with Gasteiger partial charge in [-0.15, -0.1) is 0 Å². The molecule has 138 valence electrons. The minimum absolute atomic E-state index is 0.0433. The molecule has 2 fully saturated rings. The Morgan fingerprint density at radius 1 is 1.22 bits per heavy atom. The summed E-state index contributed by atoms with van der Waals surface area (Å²) >= 11 is 12.2. The first-order chi connectivity index (χ1) is 12.9. The lowest BCUT2D eigenvalue weighted by molar-refractivity contribution is 0.0774. The summed E-state index contributed by atoms with van der Waals surface area (Å²) < 4.78 is 0. The summed E-state index contributed by atoms with van der Waals surface area (Å²) in [5.74, 6) is 0.313. The number of aromatic nitrogens is 2. The van der Waals surface area contributed by atoms with E-state index in [1.165, 1.54) is 0 Å². The number of H-pyrrole nitrogens is 2. The third-order valence-electron chi connectivity index (χ3n) is 6.08. The van der Waals surface area contributed by atoms with Crippen LogP contribution in [0.15, 0.2) is 35.4 Å². The standard InChI is InChI=1S/C20H17Cl2N3O2/c1-10-6-24-18(26)16-13(7-23-17(10)16)19(27)25-8-12-5-20(12,9-25)11-2-3-14(21)15(22)4-11/h2-4,6-7,12,23H,5,8-9H2,1H3,(H,24,26)/t12-,20+/m1/s1. The molecule has 1 saturated heterocycles. The molecule has 5 rings (SSSR count). The first-order valence-electron chi connectivity index (χ1n) is 8.85. The predicted octanol–water partition coefficient (Wildman–Crippen LogP) is 3.89. The summed E-state index contributed by atoms with van der Waals surface area (Å²) in [5.41, 5.74) is 2.89. The summed E-state index contributed by atoms with van der Waals surface area (Å²) in [4.78, 5) is 33.1. The highest BCUT2D eigenvalue weighted by atomic mass is 35.5. The van der Waals surface area contributed by atoms with Crippen LogP contribution in [0.1, 0.15) is 27.9 Å². The van der Waals surface area contributed by atoms with Crippen LogP contribution in [0, 0.1) is 12.8 Å². The van der Waals surface area contributed by atoms with Crippen LogP contribution in [0.25, 0.3) is 10.9 Å². The van der Waals surface area contributed by atoms with E-state index in [9.17, 15) is 9.59 Å². The van der Waals surface area contributed by atoms with Crippen LogP contribution in [0.2, 0.25) is 10.0 Å². The van der Waals surface area contributed by atoms with E-state index < -0.39 is 0 Å². The van der Waals surface area contributed by atoms with Crippen molar-refractivity contribution in [1.82, 2.24) is 14.9 Å². The number of aryl methyl sites for hydroxylation is 1. The zero-order valence-corrected chi connectivity index (χ0v) is 16.1. The first-order valence-corrected chi connectivity index (χ1v) is 9.60. The lowest BCUT2D eigenvalue weighted by Crippen LogP contribution is -2.33. The molecule has 5 nitrogen and oxygen atoms in total. The maximum atomic E-state index is 13.2. The van der Waals surface area contributed by atoms with Gasteiger partial charge in [0.15, 0.2) is 0 Å². The molecule has 2 N–H and O–H groups in total. The number of likely N-dealkylation sites (tertiary alicyclic amines) is 1. The van der Waals surface area contributed by atoms with Gasteiger partial charge in [-0.25, -0.2) is 0 Å². The highest BCUT2D eigenvalue weighted by Crippen LogP contribution is 2.59. The fourth-order valence-corrected chi connectivity index (χ4v) is 4.82. The SMILES string of the molecule is Cc1c[nH]c(=O)c2c(C(=O)N3C[C@H]4C[C@@]4(c4ccc(Cl)c(Cl)c4)C3)c[nH]c12. The van der Waals surface area contributed by atoms with Crippen LogP contribution in [-0.4, -0.2) is 33.9 Å². The summed E-state index contributed by atoms with van der Waals surface area (Å²) in [6, 6.07) is 5.73. The van der Waals surface area contributed by atoms with Gasteiger partial charge in [0.2, 0.25) is 0 Å². The van der Waals surface area contributed by atoms with Gasteiger partial charge in [0, 0.05) is 30.9 Å². The van der Waals surface area contributed by atoms with Gasteiger partial charge in [-0.3, -0.25) is 9.59 Å². The minimum Gasteiger partial charge on any atom is -0.360 e. The quantitative estimate of drug-likeness (QED) is 0.683. The molecule has 1 aliphatic carbocycles. The van der Waals surface area contributed by atoms with E-state index >= 15 is 0 Å². The molecular weight excluding hydrogens is 385 g/mol. The Morgan fingerprint density at radius 2 is 2.04 bits per heavy atom. The molecule has 3 aromatic rings. The van der Waals surface area contributed by atoms with Gasteiger partial charge in [0.1, 0.15) is 0 Å². The second-order valence-electron chi connectivity index (χ2n) is 7.62. The molecule has 2 aliphatic rings. The number of rotatable bonds is 2. The van der Waals surface area contributed by atoms with Crippen molar-refractivity contribution in [3.8, 4) is 0 Å². The average molecular weight is 402 g/mol. The molecule has 1 aromatic carbocycles. The molecule has 0 spiro atoms. The van der Waals surface area contributed by atoms with Crippen LogP contribution in [-0.2, 0) is 5.41 Å². The average Bonchev–Trinajstić information content (AvgIpc) is 3.03. The van der Waals surface area contributed by atoms with E-state index in [1.807, 2.05) is 30.0 Å². The Hall–Kier alpha value is -2.24. The molecular formula is C20H17Cl2N3O2. The summed E-state index contributed by atoms with van der Waals surface area (Å²) in [7, 11) is 0. The number of fused-ring (bicyclic) bond motifs is 2. The normalized spacial score (nSPS) is 23.7. The van der Waals surface area contributed by atoms with Crippen molar-refractivity contribution in [2.45, 2.75) is 18.8 Å². The number of pyridine rings is 1. The Bertz CT molecular complexity index is 1170. The number of hydrogen-bond acceptors (Lipinski definition) is 2. The largest absolute Gasteiger partial charge is 0.360 e. The van der Waals surface area contributed by atoms with E-state index in [1.54, 1.807) is 12.4 Å². The van der Waals surface area contributed by atoms with E-state index in [0.717, 1.165) is 17.5 Å². The highest BCUT2D eigenvalue weighted by molar-refractivity contribution is 6.42. The fourth-order valence-electron chi connectivity index (χ4n) is 4.52. The third kappa shape index (κ3) is 2.38. The van der Waals surface area contributed by atoms with E-state index in [-0.39, 0.29) is 16.9 Å². The van der Waals surface area contributed by atoms with Gasteiger partial charge in [0.25, 0.3) is 11.5 Å². The lowest BCUT2D eigenvalue weighted by atomic mass is 9.95. The van der Waals surface area contributed by atoms with Gasteiger partial charge in [-0.1, -0.05) is 29.3 Å². The molecule has 0 unspecified atom stereocenters. The molecule has 1 aliphatic heterocycles. The Kier molecular flexibility index (Phi) is 3.52. The van der Waals surface area contributed by atoms with E-state index in [2.05, 4.69) is 9.97 Å². The van der Waals surface area contributed by atoms with Crippen molar-refractivity contribution < 1.29 is 4.79 Å². The van der Waals surface area contributed by atoms with E-state index in [4.69, 9.17) is 23.2 Å². The number of aromatic amines is 2. The molecule has 27 heavy (non-hydrogen) atoms. The number of piperidine rings is 1. The number of amides is 1. The van der Waals surface area contributed by atoms with Gasteiger partial charge in [0.05, 0.1) is 26.5 Å². The number of hydrogen-bond donors (Lipinski definition) is 2. The number of halogens is 2. The topological polar surface area (TPSA) is 69.0 Å². The number of carbonyl (C=O) groups is 1. The first kappa shape index (κ1) is 16.9. The summed E-state index contributed by atoms with van der Waals surface area (Å²) in [6.07, 6.45) is 4.34. The maximum absolute atomic E-state index is 13.2. The van der Waals surface area contributed by atoms with Gasteiger partial charge in [-0.05, 0) is 42.5 Å². The predicted molar refractivity (Wildman–Crippen MR) is 106 cm³/mol. The van der Waals surface area contributed by atoms with Crippen molar-refractivity contribution in [3.63, 3.8) is 0 Å². The van der Waals surface area contributed by atoms with Crippen molar-refractivity contribution in [2.75, 3.05) is 13.1 Å². The minimum atomic E-state index is -0.247. The van der Waals surface area contributed by atoms with Crippen LogP contribution in [0.3, 0.4) is 0 Å². The summed E-state index contributed by atoms with van der Waals surface area (Å²) in [5, 5.41) is 1.51.